The van der Waals surface area contributed by atoms with Crippen molar-refractivity contribution in [3.05, 3.63) is 35.2 Å². The van der Waals surface area contributed by atoms with Gasteiger partial charge in [-0.25, -0.2) is 0 Å². The molecule has 0 unspecified atom stereocenters. The molecule has 0 spiro atoms. The molecule has 1 nitrogen and oxygen atoms in total. The normalized spacial score (nSPS) is 12.2. The number of hydrogen-bond acceptors (Lipinski definition) is 2. The van der Waals surface area contributed by atoms with E-state index in [0.717, 1.165) is 30.8 Å². The third-order valence-corrected chi connectivity index (χ3v) is 4.98. The van der Waals surface area contributed by atoms with Crippen molar-refractivity contribution in [3.63, 3.8) is 0 Å². The first kappa shape index (κ1) is 14.5. The predicted molar refractivity (Wildman–Crippen MR) is 86.7 cm³/mol. The van der Waals surface area contributed by atoms with Gasteiger partial charge < -0.3 is 5.32 Å². The number of fused-ring (bicyclic) bond motifs is 1. The van der Waals surface area contributed by atoms with Crippen LogP contribution in [0.3, 0.4) is 0 Å². The van der Waals surface area contributed by atoms with Crippen LogP contribution in [0.25, 0.3) is 10.1 Å². The Kier molecular flexibility index (Phi) is 5.00. The third kappa shape index (κ3) is 3.58. The van der Waals surface area contributed by atoms with Crippen molar-refractivity contribution in [1.82, 2.24) is 5.32 Å². The summed E-state index contributed by atoms with van der Waals surface area (Å²) >= 11 is 1.85. The van der Waals surface area contributed by atoms with E-state index < -0.39 is 0 Å². The maximum absolute atomic E-state index is 3.65. The quantitative estimate of drug-likeness (QED) is 0.789. The molecule has 0 fully saturated rings. The second-order valence-corrected chi connectivity index (χ2v) is 6.95. The number of thiophene rings is 1. The van der Waals surface area contributed by atoms with Gasteiger partial charge in [0.25, 0.3) is 0 Å². The summed E-state index contributed by atoms with van der Waals surface area (Å²) in [6, 6.07) is 8.67. The van der Waals surface area contributed by atoms with E-state index >= 15 is 0 Å². The first-order valence-electron chi connectivity index (χ1n) is 7.25. The molecule has 1 aromatic heterocycles. The zero-order valence-corrected chi connectivity index (χ0v) is 13.3. The number of nitrogens with one attached hydrogen (secondary N) is 1. The predicted octanol–water partition coefficient (Wildman–Crippen LogP) is 4.92. The maximum Gasteiger partial charge on any atom is 0.0346 e. The lowest BCUT2D eigenvalue weighted by Gasteiger charge is -2.25. The molecule has 104 valence electrons. The van der Waals surface area contributed by atoms with Crippen LogP contribution in [-0.4, -0.2) is 6.54 Å². The van der Waals surface area contributed by atoms with Crippen molar-refractivity contribution in [2.45, 2.75) is 34.2 Å². The van der Waals surface area contributed by atoms with Crippen molar-refractivity contribution < 1.29 is 0 Å². The van der Waals surface area contributed by atoms with Gasteiger partial charge in [-0.2, -0.15) is 0 Å². The largest absolute Gasteiger partial charge is 0.312 e. The number of benzene rings is 1. The molecule has 1 heterocycles. The average molecular weight is 275 g/mol. The van der Waals surface area contributed by atoms with Crippen LogP contribution in [0, 0.1) is 17.8 Å². The van der Waals surface area contributed by atoms with E-state index in [-0.39, 0.29) is 0 Å². The summed E-state index contributed by atoms with van der Waals surface area (Å²) in [5.41, 5.74) is 1.44. The molecule has 0 atom stereocenters. The summed E-state index contributed by atoms with van der Waals surface area (Å²) in [6.45, 7) is 11.4. The molecule has 19 heavy (non-hydrogen) atoms. The van der Waals surface area contributed by atoms with Crippen LogP contribution in [0.4, 0.5) is 0 Å². The fraction of sp³-hybridized carbons (Fsp3) is 0.529. The summed E-state index contributed by atoms with van der Waals surface area (Å²) in [5.74, 6) is 2.24. The van der Waals surface area contributed by atoms with Gasteiger partial charge in [0.2, 0.25) is 0 Å². The van der Waals surface area contributed by atoms with Crippen LogP contribution in [0.5, 0.6) is 0 Å². The lowest BCUT2D eigenvalue weighted by atomic mass is 9.85. The molecule has 0 amide bonds. The molecule has 0 aliphatic carbocycles. The van der Waals surface area contributed by atoms with Gasteiger partial charge in [-0.1, -0.05) is 45.9 Å². The summed E-state index contributed by atoms with van der Waals surface area (Å²) < 4.78 is 1.39. The third-order valence-electron chi connectivity index (χ3n) is 3.97. The molecular weight excluding hydrogens is 250 g/mol. The molecule has 0 saturated carbocycles. The minimum Gasteiger partial charge on any atom is -0.312 e. The Hall–Kier alpha value is -0.860. The van der Waals surface area contributed by atoms with E-state index in [2.05, 4.69) is 62.7 Å². The highest BCUT2D eigenvalue weighted by Gasteiger charge is 2.16. The first-order chi connectivity index (χ1) is 9.09. The summed E-state index contributed by atoms with van der Waals surface area (Å²) in [5, 5.41) is 7.35. The van der Waals surface area contributed by atoms with Crippen molar-refractivity contribution >= 4 is 21.4 Å². The molecule has 1 aromatic carbocycles. The molecular formula is C17H25NS. The highest BCUT2D eigenvalue weighted by atomic mass is 32.1. The van der Waals surface area contributed by atoms with Crippen LogP contribution < -0.4 is 5.32 Å². The van der Waals surface area contributed by atoms with Gasteiger partial charge in [-0.3, -0.25) is 0 Å². The van der Waals surface area contributed by atoms with Gasteiger partial charge in [0.1, 0.15) is 0 Å². The number of rotatable bonds is 6. The highest BCUT2D eigenvalue weighted by molar-refractivity contribution is 7.17. The van der Waals surface area contributed by atoms with Crippen molar-refractivity contribution in [2.75, 3.05) is 6.54 Å². The molecule has 0 saturated heterocycles. The van der Waals surface area contributed by atoms with E-state index in [9.17, 15) is 0 Å². The van der Waals surface area contributed by atoms with E-state index in [0.29, 0.717) is 0 Å². The van der Waals surface area contributed by atoms with Crippen LogP contribution in [0.1, 0.15) is 33.3 Å². The minimum absolute atomic E-state index is 0.742. The Morgan fingerprint density at radius 3 is 2.42 bits per heavy atom. The SMILES string of the molecule is CC(C)C(CNCc1csc2ccccc12)C(C)C. The summed E-state index contributed by atoms with van der Waals surface area (Å²) in [6.07, 6.45) is 0. The summed E-state index contributed by atoms with van der Waals surface area (Å²) in [4.78, 5) is 0. The molecule has 0 aliphatic rings. The summed E-state index contributed by atoms with van der Waals surface area (Å²) in [7, 11) is 0. The highest BCUT2D eigenvalue weighted by Crippen LogP contribution is 2.26. The van der Waals surface area contributed by atoms with Crippen molar-refractivity contribution in [3.8, 4) is 0 Å². The van der Waals surface area contributed by atoms with Gasteiger partial charge in [0.05, 0.1) is 0 Å². The molecule has 0 bridgehead atoms. The zero-order chi connectivity index (χ0) is 13.8. The monoisotopic (exact) mass is 275 g/mol. The topological polar surface area (TPSA) is 12.0 Å². The van der Waals surface area contributed by atoms with E-state index in [1.54, 1.807) is 0 Å². The first-order valence-corrected chi connectivity index (χ1v) is 8.13. The van der Waals surface area contributed by atoms with Crippen molar-refractivity contribution in [2.24, 2.45) is 17.8 Å². The fourth-order valence-corrected chi connectivity index (χ4v) is 3.75. The second kappa shape index (κ2) is 6.53. The van der Waals surface area contributed by atoms with E-state index in [1.807, 2.05) is 11.3 Å². The van der Waals surface area contributed by atoms with Crippen molar-refractivity contribution in [1.29, 1.82) is 0 Å². The molecule has 2 aromatic rings. The fourth-order valence-electron chi connectivity index (χ4n) is 2.78. The van der Waals surface area contributed by atoms with Crippen LogP contribution in [0.2, 0.25) is 0 Å². The van der Waals surface area contributed by atoms with Crippen LogP contribution >= 0.6 is 11.3 Å². The maximum atomic E-state index is 3.65. The lowest BCUT2D eigenvalue weighted by molar-refractivity contribution is 0.275. The Balaban J connectivity index is 1.95. The van der Waals surface area contributed by atoms with Gasteiger partial charge >= 0.3 is 0 Å². The zero-order valence-electron chi connectivity index (χ0n) is 12.4. The molecule has 2 rings (SSSR count). The van der Waals surface area contributed by atoms with Gasteiger partial charge in [-0.15, -0.1) is 11.3 Å². The molecule has 1 N–H and O–H groups in total. The standard InChI is InChI=1S/C17H25NS/c1-12(2)16(13(3)4)10-18-9-14-11-19-17-8-6-5-7-15(14)17/h5-8,11-13,16,18H,9-10H2,1-4H3. The average Bonchev–Trinajstić information content (AvgIpc) is 2.77. The second-order valence-electron chi connectivity index (χ2n) is 6.04. The lowest BCUT2D eigenvalue weighted by Crippen LogP contribution is -2.29. The Morgan fingerprint density at radius 1 is 1.05 bits per heavy atom. The van der Waals surface area contributed by atoms with E-state index in [1.165, 1.54) is 15.6 Å². The van der Waals surface area contributed by atoms with Crippen LogP contribution in [-0.2, 0) is 6.54 Å². The molecule has 2 heteroatoms. The van der Waals surface area contributed by atoms with Gasteiger partial charge in [0, 0.05) is 11.2 Å². The smallest absolute Gasteiger partial charge is 0.0346 e. The van der Waals surface area contributed by atoms with Gasteiger partial charge in [0.15, 0.2) is 0 Å². The Labute approximate surface area is 121 Å². The Bertz CT molecular complexity index is 505. The van der Waals surface area contributed by atoms with Gasteiger partial charge in [-0.05, 0) is 46.7 Å². The Morgan fingerprint density at radius 2 is 1.74 bits per heavy atom. The molecule has 0 aliphatic heterocycles. The minimum atomic E-state index is 0.742. The number of hydrogen-bond donors (Lipinski definition) is 1. The van der Waals surface area contributed by atoms with E-state index in [4.69, 9.17) is 0 Å². The van der Waals surface area contributed by atoms with Crippen LogP contribution in [0.15, 0.2) is 29.6 Å². The molecule has 0 radical (unpaired) electrons.